The Balaban J connectivity index is 1.38. The van der Waals surface area contributed by atoms with Gasteiger partial charge in [-0.25, -0.2) is 0 Å². The molecule has 3 aliphatic heterocycles. The molecule has 8 heteroatoms. The van der Waals surface area contributed by atoms with Gasteiger partial charge in [-0.2, -0.15) is 0 Å². The first kappa shape index (κ1) is 16.6. The van der Waals surface area contributed by atoms with E-state index in [2.05, 4.69) is 21.7 Å². The molecule has 5 rings (SSSR count). The smallest absolute Gasteiger partial charge is 0.254 e. The quantitative estimate of drug-likeness (QED) is 0.806. The summed E-state index contributed by atoms with van der Waals surface area (Å²) in [4.78, 5) is 14.9. The SMILES string of the molecule is C[C@H]1CN(C(=O)c2ccc3c(c2)OCO3)Cc2nnc(C3CCOCC3)n21. The summed E-state index contributed by atoms with van der Waals surface area (Å²) < 4.78 is 18.4. The van der Waals surface area contributed by atoms with Crippen molar-refractivity contribution in [2.45, 2.75) is 38.3 Å². The molecule has 0 unspecified atom stereocenters. The third-order valence-corrected chi connectivity index (χ3v) is 5.54. The number of fused-ring (bicyclic) bond motifs is 2. The minimum absolute atomic E-state index is 0.0259. The lowest BCUT2D eigenvalue weighted by atomic mass is 9.98. The van der Waals surface area contributed by atoms with Crippen LogP contribution in [0.4, 0.5) is 0 Å². The number of hydrogen-bond acceptors (Lipinski definition) is 6. The van der Waals surface area contributed by atoms with Crippen LogP contribution in [0.1, 0.15) is 53.7 Å². The van der Waals surface area contributed by atoms with Crippen molar-refractivity contribution in [3.63, 3.8) is 0 Å². The Kier molecular flexibility index (Phi) is 4.00. The summed E-state index contributed by atoms with van der Waals surface area (Å²) >= 11 is 0. The molecule has 1 aromatic heterocycles. The van der Waals surface area contributed by atoms with Crippen LogP contribution >= 0.6 is 0 Å². The normalized spacial score (nSPS) is 22.0. The van der Waals surface area contributed by atoms with E-state index in [4.69, 9.17) is 14.2 Å². The second kappa shape index (κ2) is 6.53. The van der Waals surface area contributed by atoms with E-state index in [-0.39, 0.29) is 18.7 Å². The number of aromatic nitrogens is 3. The van der Waals surface area contributed by atoms with Gasteiger partial charge in [-0.05, 0) is 38.0 Å². The largest absolute Gasteiger partial charge is 0.454 e. The van der Waals surface area contributed by atoms with Gasteiger partial charge in [0, 0.05) is 31.2 Å². The maximum Gasteiger partial charge on any atom is 0.254 e. The number of rotatable bonds is 2. The Hall–Kier alpha value is -2.61. The first-order valence-corrected chi connectivity index (χ1v) is 9.41. The highest BCUT2D eigenvalue weighted by molar-refractivity contribution is 5.95. The van der Waals surface area contributed by atoms with Crippen LogP contribution in [-0.2, 0) is 11.3 Å². The van der Waals surface area contributed by atoms with Crippen LogP contribution < -0.4 is 9.47 Å². The molecule has 0 radical (unpaired) electrons. The molecular weight excluding hydrogens is 348 g/mol. The molecular formula is C19H22N4O4. The van der Waals surface area contributed by atoms with E-state index in [9.17, 15) is 4.79 Å². The van der Waals surface area contributed by atoms with Crippen LogP contribution in [0.5, 0.6) is 11.5 Å². The lowest BCUT2D eigenvalue weighted by molar-refractivity contribution is 0.0668. The summed E-state index contributed by atoms with van der Waals surface area (Å²) in [5.41, 5.74) is 0.601. The minimum Gasteiger partial charge on any atom is -0.454 e. The fourth-order valence-electron chi connectivity index (χ4n) is 4.16. The Morgan fingerprint density at radius 3 is 2.81 bits per heavy atom. The van der Waals surface area contributed by atoms with E-state index in [1.165, 1.54) is 0 Å². The van der Waals surface area contributed by atoms with Gasteiger partial charge in [-0.15, -0.1) is 10.2 Å². The number of carbonyl (C=O) groups excluding carboxylic acids is 1. The molecule has 1 aromatic carbocycles. The predicted octanol–water partition coefficient (Wildman–Crippen LogP) is 2.12. The van der Waals surface area contributed by atoms with Crippen molar-refractivity contribution in [2.24, 2.45) is 0 Å². The van der Waals surface area contributed by atoms with Crippen LogP contribution in [0, 0.1) is 0 Å². The van der Waals surface area contributed by atoms with Crippen LogP contribution in [-0.4, -0.2) is 52.1 Å². The van der Waals surface area contributed by atoms with Crippen molar-refractivity contribution in [1.82, 2.24) is 19.7 Å². The maximum absolute atomic E-state index is 13.0. The Labute approximate surface area is 157 Å². The number of ether oxygens (including phenoxy) is 3. The maximum atomic E-state index is 13.0. The van der Waals surface area contributed by atoms with E-state index >= 15 is 0 Å². The van der Waals surface area contributed by atoms with Gasteiger partial charge >= 0.3 is 0 Å². The van der Waals surface area contributed by atoms with Gasteiger partial charge in [0.05, 0.1) is 12.6 Å². The summed E-state index contributed by atoms with van der Waals surface area (Å²) in [5.74, 6) is 3.55. The Morgan fingerprint density at radius 2 is 1.96 bits per heavy atom. The first-order valence-electron chi connectivity index (χ1n) is 9.41. The zero-order valence-corrected chi connectivity index (χ0v) is 15.3. The highest BCUT2D eigenvalue weighted by Gasteiger charge is 2.33. The van der Waals surface area contributed by atoms with Gasteiger partial charge in [-0.3, -0.25) is 4.79 Å². The monoisotopic (exact) mass is 370 g/mol. The summed E-state index contributed by atoms with van der Waals surface area (Å²) in [6.45, 7) is 4.97. The lowest BCUT2D eigenvalue weighted by Crippen LogP contribution is -2.41. The molecule has 0 saturated carbocycles. The number of amides is 1. The van der Waals surface area contributed by atoms with E-state index in [0.29, 0.717) is 36.1 Å². The predicted molar refractivity (Wildman–Crippen MR) is 94.8 cm³/mol. The molecule has 142 valence electrons. The highest BCUT2D eigenvalue weighted by atomic mass is 16.7. The van der Waals surface area contributed by atoms with Crippen LogP contribution in [0.3, 0.4) is 0 Å². The third kappa shape index (κ3) is 2.84. The fourth-order valence-corrected chi connectivity index (χ4v) is 4.16. The summed E-state index contributed by atoms with van der Waals surface area (Å²) in [6, 6.07) is 5.46. The van der Waals surface area contributed by atoms with Crippen LogP contribution in [0.25, 0.3) is 0 Å². The Bertz CT molecular complexity index is 875. The zero-order chi connectivity index (χ0) is 18.4. The second-order valence-corrected chi connectivity index (χ2v) is 7.33. The van der Waals surface area contributed by atoms with Gasteiger partial charge < -0.3 is 23.7 Å². The van der Waals surface area contributed by atoms with Crippen LogP contribution in [0.2, 0.25) is 0 Å². The van der Waals surface area contributed by atoms with E-state index in [1.807, 2.05) is 4.90 Å². The minimum atomic E-state index is -0.0259. The zero-order valence-electron chi connectivity index (χ0n) is 15.3. The molecule has 0 bridgehead atoms. The molecule has 0 aliphatic carbocycles. The van der Waals surface area contributed by atoms with Gasteiger partial charge in [0.25, 0.3) is 5.91 Å². The number of benzene rings is 1. The van der Waals surface area contributed by atoms with Crippen molar-refractivity contribution >= 4 is 5.91 Å². The highest BCUT2D eigenvalue weighted by Crippen LogP contribution is 2.34. The summed E-state index contributed by atoms with van der Waals surface area (Å²) in [6.07, 6.45) is 1.95. The number of hydrogen-bond donors (Lipinski definition) is 0. The van der Waals surface area contributed by atoms with Crippen molar-refractivity contribution < 1.29 is 19.0 Å². The number of nitrogens with zero attached hydrogens (tertiary/aromatic N) is 4. The molecule has 4 heterocycles. The molecule has 0 spiro atoms. The average Bonchev–Trinajstić information content (AvgIpc) is 3.34. The molecule has 1 saturated heterocycles. The molecule has 0 N–H and O–H groups in total. The number of carbonyl (C=O) groups is 1. The van der Waals surface area contributed by atoms with Crippen LogP contribution in [0.15, 0.2) is 18.2 Å². The van der Waals surface area contributed by atoms with Crippen molar-refractivity contribution in [2.75, 3.05) is 26.6 Å². The van der Waals surface area contributed by atoms with Crippen molar-refractivity contribution in [3.8, 4) is 11.5 Å². The van der Waals surface area contributed by atoms with E-state index < -0.39 is 0 Å². The third-order valence-electron chi connectivity index (χ3n) is 5.54. The molecule has 2 aromatic rings. The van der Waals surface area contributed by atoms with Gasteiger partial charge in [0.2, 0.25) is 6.79 Å². The van der Waals surface area contributed by atoms with Crippen molar-refractivity contribution in [3.05, 3.63) is 35.4 Å². The topological polar surface area (TPSA) is 78.7 Å². The molecule has 1 amide bonds. The fraction of sp³-hybridized carbons (Fsp3) is 0.526. The van der Waals surface area contributed by atoms with Gasteiger partial charge in [0.15, 0.2) is 17.3 Å². The molecule has 3 aliphatic rings. The lowest BCUT2D eigenvalue weighted by Gasteiger charge is -2.34. The molecule has 27 heavy (non-hydrogen) atoms. The Morgan fingerprint density at radius 1 is 1.15 bits per heavy atom. The van der Waals surface area contributed by atoms with Crippen molar-refractivity contribution in [1.29, 1.82) is 0 Å². The van der Waals surface area contributed by atoms with E-state index in [0.717, 1.165) is 37.7 Å². The van der Waals surface area contributed by atoms with Gasteiger partial charge in [-0.1, -0.05) is 0 Å². The summed E-state index contributed by atoms with van der Waals surface area (Å²) in [7, 11) is 0. The molecule has 1 atom stereocenters. The summed E-state index contributed by atoms with van der Waals surface area (Å²) in [5, 5.41) is 8.87. The molecule has 8 nitrogen and oxygen atoms in total. The first-order chi connectivity index (χ1) is 13.2. The molecule has 1 fully saturated rings. The van der Waals surface area contributed by atoms with E-state index in [1.54, 1.807) is 18.2 Å². The van der Waals surface area contributed by atoms with Gasteiger partial charge in [0.1, 0.15) is 5.82 Å². The average molecular weight is 370 g/mol. The second-order valence-electron chi connectivity index (χ2n) is 7.33. The standard InChI is InChI=1S/C19H22N4O4/c1-12-9-22(19(24)14-2-3-15-16(8-14)27-11-26-15)10-17-20-21-18(23(12)17)13-4-6-25-7-5-13/h2-3,8,12-13H,4-7,9-11H2,1H3/t12-/m0/s1.